The van der Waals surface area contributed by atoms with E-state index in [1.165, 1.54) is 13.2 Å². The van der Waals surface area contributed by atoms with Crippen LogP contribution in [0.1, 0.15) is 15.9 Å². The summed E-state index contributed by atoms with van der Waals surface area (Å²) in [6.07, 6.45) is 0. The largest absolute Gasteiger partial charge is 0.507 e. The summed E-state index contributed by atoms with van der Waals surface area (Å²) in [5, 5.41) is 26.9. The van der Waals surface area contributed by atoms with Crippen molar-refractivity contribution >= 4 is 5.97 Å². The molecule has 0 aliphatic heterocycles. The fourth-order valence-electron chi connectivity index (χ4n) is 1.08. The minimum Gasteiger partial charge on any atom is -0.507 e. The molecule has 1 rings (SSSR count). The van der Waals surface area contributed by atoms with Crippen molar-refractivity contribution < 1.29 is 24.9 Å². The van der Waals surface area contributed by atoms with Crippen molar-refractivity contribution in [2.24, 2.45) is 0 Å². The highest BCUT2D eigenvalue weighted by Crippen LogP contribution is 2.28. The number of aliphatic hydroxyl groups is 1. The molecule has 0 bridgehead atoms. The maximum atomic E-state index is 10.7. The van der Waals surface area contributed by atoms with E-state index in [0.29, 0.717) is 0 Å². The van der Waals surface area contributed by atoms with Crippen LogP contribution in [0.25, 0.3) is 0 Å². The number of methoxy groups -OCH3 is 1. The third-order valence-electron chi connectivity index (χ3n) is 1.80. The summed E-state index contributed by atoms with van der Waals surface area (Å²) in [5.41, 5.74) is 0.0672. The van der Waals surface area contributed by atoms with Gasteiger partial charge in [-0.25, -0.2) is 4.79 Å². The lowest BCUT2D eigenvalue weighted by atomic mass is 10.1. The Morgan fingerprint density at radius 1 is 1.50 bits per heavy atom. The minimum atomic E-state index is -1.17. The van der Waals surface area contributed by atoms with Crippen molar-refractivity contribution in [3.63, 3.8) is 0 Å². The predicted molar refractivity (Wildman–Crippen MR) is 47.5 cm³/mol. The smallest absolute Gasteiger partial charge is 0.339 e. The Morgan fingerprint density at radius 3 is 2.57 bits per heavy atom. The van der Waals surface area contributed by atoms with Crippen LogP contribution in [0.4, 0.5) is 0 Å². The van der Waals surface area contributed by atoms with E-state index in [2.05, 4.69) is 0 Å². The number of ether oxygens (including phenoxy) is 1. The average molecular weight is 198 g/mol. The molecule has 5 heteroatoms. The normalized spacial score (nSPS) is 9.86. The highest BCUT2D eigenvalue weighted by molar-refractivity contribution is 5.91. The first kappa shape index (κ1) is 10.3. The predicted octanol–water partition coefficient (Wildman–Crippen LogP) is 0.591. The standard InChI is InChI=1S/C9H10O5/c1-14-8-3-7(11)5(4-10)2-6(8)9(12)13/h2-3,10-11H,4H2,1H3,(H,12,13). The summed E-state index contributed by atoms with van der Waals surface area (Å²) in [6, 6.07) is 2.34. The zero-order valence-corrected chi connectivity index (χ0v) is 7.52. The van der Waals surface area contributed by atoms with Crippen LogP contribution in [-0.2, 0) is 6.61 Å². The molecule has 0 atom stereocenters. The topological polar surface area (TPSA) is 87.0 Å². The molecule has 0 saturated carbocycles. The third-order valence-corrected chi connectivity index (χ3v) is 1.80. The molecule has 0 spiro atoms. The summed E-state index contributed by atoms with van der Waals surface area (Å²) >= 11 is 0. The summed E-state index contributed by atoms with van der Waals surface area (Å²) in [7, 11) is 1.31. The van der Waals surface area contributed by atoms with Crippen LogP contribution in [0, 0.1) is 0 Å². The number of hydrogen-bond donors (Lipinski definition) is 3. The molecule has 0 amide bonds. The van der Waals surface area contributed by atoms with Gasteiger partial charge in [-0.15, -0.1) is 0 Å². The van der Waals surface area contributed by atoms with Gasteiger partial charge in [0.2, 0.25) is 0 Å². The van der Waals surface area contributed by atoms with E-state index in [9.17, 15) is 9.90 Å². The van der Waals surface area contributed by atoms with Crippen molar-refractivity contribution in [1.82, 2.24) is 0 Å². The summed E-state index contributed by atoms with van der Waals surface area (Å²) in [6.45, 7) is -0.421. The SMILES string of the molecule is COc1cc(O)c(CO)cc1C(=O)O. The Kier molecular flexibility index (Phi) is 2.93. The zero-order valence-electron chi connectivity index (χ0n) is 7.52. The van der Waals surface area contributed by atoms with Gasteiger partial charge in [0.05, 0.1) is 13.7 Å². The monoisotopic (exact) mass is 198 g/mol. The first-order valence-electron chi connectivity index (χ1n) is 3.84. The quantitative estimate of drug-likeness (QED) is 0.661. The molecule has 0 saturated heterocycles. The van der Waals surface area contributed by atoms with Crippen LogP contribution >= 0.6 is 0 Å². The van der Waals surface area contributed by atoms with Gasteiger partial charge in [0.1, 0.15) is 17.1 Å². The van der Waals surface area contributed by atoms with Gasteiger partial charge in [-0.2, -0.15) is 0 Å². The highest BCUT2D eigenvalue weighted by Gasteiger charge is 2.14. The number of carboxylic acid groups (broad SMARTS) is 1. The minimum absolute atomic E-state index is 0.0622. The van der Waals surface area contributed by atoms with Crippen LogP contribution in [-0.4, -0.2) is 28.4 Å². The van der Waals surface area contributed by atoms with Crippen LogP contribution in [0.3, 0.4) is 0 Å². The molecule has 3 N–H and O–H groups in total. The first-order valence-corrected chi connectivity index (χ1v) is 3.84. The van der Waals surface area contributed by atoms with Gasteiger partial charge < -0.3 is 20.1 Å². The van der Waals surface area contributed by atoms with Gasteiger partial charge >= 0.3 is 5.97 Å². The molecule has 1 aromatic carbocycles. The van der Waals surface area contributed by atoms with Crippen molar-refractivity contribution in [2.75, 3.05) is 7.11 Å². The summed E-state index contributed by atoms with van der Waals surface area (Å²) in [5.74, 6) is -1.29. The van der Waals surface area contributed by atoms with Gasteiger partial charge in [-0.05, 0) is 6.07 Å². The van der Waals surface area contributed by atoms with Crippen molar-refractivity contribution in [3.8, 4) is 11.5 Å². The van der Waals surface area contributed by atoms with E-state index >= 15 is 0 Å². The molecule has 0 aliphatic carbocycles. The number of carbonyl (C=O) groups is 1. The number of aromatic carboxylic acids is 1. The summed E-state index contributed by atoms with van der Waals surface area (Å²) in [4.78, 5) is 10.7. The molecule has 76 valence electrons. The molecule has 0 unspecified atom stereocenters. The second-order valence-electron chi connectivity index (χ2n) is 2.64. The van der Waals surface area contributed by atoms with Gasteiger partial charge in [-0.3, -0.25) is 0 Å². The molecule has 1 aromatic rings. The molecule has 0 radical (unpaired) electrons. The number of aliphatic hydroxyl groups excluding tert-OH is 1. The van der Waals surface area contributed by atoms with Crippen LogP contribution in [0.15, 0.2) is 12.1 Å². The lowest BCUT2D eigenvalue weighted by molar-refractivity contribution is 0.0693. The van der Waals surface area contributed by atoms with Crippen molar-refractivity contribution in [3.05, 3.63) is 23.3 Å². The molecular weight excluding hydrogens is 188 g/mol. The Labute approximate surface area is 80.2 Å². The number of aromatic hydroxyl groups is 1. The van der Waals surface area contributed by atoms with E-state index < -0.39 is 12.6 Å². The lowest BCUT2D eigenvalue weighted by Crippen LogP contribution is -2.02. The van der Waals surface area contributed by atoms with Crippen molar-refractivity contribution in [1.29, 1.82) is 0 Å². The van der Waals surface area contributed by atoms with Gasteiger partial charge in [0.15, 0.2) is 0 Å². The Balaban J connectivity index is 3.32. The number of rotatable bonds is 3. The third kappa shape index (κ3) is 1.77. The van der Waals surface area contributed by atoms with E-state index in [1.54, 1.807) is 0 Å². The Bertz CT molecular complexity index is 358. The second kappa shape index (κ2) is 3.97. The number of phenols is 1. The molecule has 14 heavy (non-hydrogen) atoms. The summed E-state index contributed by atoms with van der Waals surface area (Å²) < 4.78 is 4.76. The fourth-order valence-corrected chi connectivity index (χ4v) is 1.08. The molecule has 0 aromatic heterocycles. The van der Waals surface area contributed by atoms with E-state index in [-0.39, 0.29) is 22.6 Å². The van der Waals surface area contributed by atoms with Crippen LogP contribution < -0.4 is 4.74 Å². The number of benzene rings is 1. The molecule has 0 aliphatic rings. The number of hydrogen-bond acceptors (Lipinski definition) is 4. The van der Waals surface area contributed by atoms with Gasteiger partial charge in [-0.1, -0.05) is 0 Å². The Hall–Kier alpha value is -1.75. The zero-order chi connectivity index (χ0) is 10.7. The van der Waals surface area contributed by atoms with E-state index in [4.69, 9.17) is 14.9 Å². The number of carboxylic acids is 1. The molecular formula is C9H10O5. The lowest BCUT2D eigenvalue weighted by Gasteiger charge is -2.08. The van der Waals surface area contributed by atoms with Gasteiger partial charge in [0.25, 0.3) is 0 Å². The van der Waals surface area contributed by atoms with Crippen molar-refractivity contribution in [2.45, 2.75) is 6.61 Å². The van der Waals surface area contributed by atoms with E-state index in [0.717, 1.165) is 6.07 Å². The average Bonchev–Trinajstić information content (AvgIpc) is 2.16. The maximum absolute atomic E-state index is 10.7. The van der Waals surface area contributed by atoms with Gasteiger partial charge in [0, 0.05) is 11.6 Å². The fraction of sp³-hybridized carbons (Fsp3) is 0.222. The Morgan fingerprint density at radius 2 is 2.14 bits per heavy atom. The van der Waals surface area contributed by atoms with Crippen LogP contribution in [0.2, 0.25) is 0 Å². The molecule has 0 fully saturated rings. The maximum Gasteiger partial charge on any atom is 0.339 e. The molecule has 5 nitrogen and oxygen atoms in total. The highest BCUT2D eigenvalue weighted by atomic mass is 16.5. The second-order valence-corrected chi connectivity index (χ2v) is 2.64. The molecule has 0 heterocycles. The van der Waals surface area contributed by atoms with E-state index in [1.807, 2.05) is 0 Å². The van der Waals surface area contributed by atoms with Crippen LogP contribution in [0.5, 0.6) is 11.5 Å². The first-order chi connectivity index (χ1) is 6.60.